The van der Waals surface area contributed by atoms with Crippen LogP contribution in [0.4, 0.5) is 11.4 Å². The Morgan fingerprint density at radius 1 is 1.13 bits per heavy atom. The number of aromatic nitrogens is 1. The lowest BCUT2D eigenvalue weighted by Crippen LogP contribution is -2.29. The van der Waals surface area contributed by atoms with E-state index in [1.165, 1.54) is 12.1 Å². The highest BCUT2D eigenvalue weighted by Crippen LogP contribution is 2.44. The molecule has 0 spiro atoms. The largest absolute Gasteiger partial charge is 0.490 e. The van der Waals surface area contributed by atoms with Crippen molar-refractivity contribution in [2.45, 2.75) is 12.1 Å². The van der Waals surface area contributed by atoms with Crippen molar-refractivity contribution in [3.05, 3.63) is 106 Å². The summed E-state index contributed by atoms with van der Waals surface area (Å²) in [6.07, 6.45) is 1.72. The maximum absolute atomic E-state index is 11.3. The Bertz CT molecular complexity index is 1460. The predicted molar refractivity (Wildman–Crippen MR) is 148 cm³/mol. The molecule has 194 valence electrons. The summed E-state index contributed by atoms with van der Waals surface area (Å²) < 4.78 is 17.0. The first-order valence-electron chi connectivity index (χ1n) is 11.7. The molecule has 5 rings (SSSR count). The summed E-state index contributed by atoms with van der Waals surface area (Å²) in [7, 11) is 1.60. The maximum Gasteiger partial charge on any atom is 0.270 e. The van der Waals surface area contributed by atoms with Crippen LogP contribution in [-0.4, -0.2) is 35.3 Å². The Kier molecular flexibility index (Phi) is 7.54. The van der Waals surface area contributed by atoms with Gasteiger partial charge in [0, 0.05) is 36.7 Å². The zero-order valence-corrected chi connectivity index (χ0v) is 21.8. The first-order chi connectivity index (χ1) is 18.5. The molecule has 0 amide bonds. The molecule has 3 heterocycles. The van der Waals surface area contributed by atoms with Gasteiger partial charge in [0.1, 0.15) is 29.9 Å². The Labute approximate surface area is 229 Å². The van der Waals surface area contributed by atoms with Crippen LogP contribution in [0.2, 0.25) is 5.02 Å². The molecule has 9 nitrogen and oxygen atoms in total. The van der Waals surface area contributed by atoms with Crippen LogP contribution in [0, 0.1) is 10.1 Å². The lowest BCUT2D eigenvalue weighted by atomic mass is 10.0. The molecular formula is C27H23ClN4O5S. The third-order valence-corrected chi connectivity index (χ3v) is 6.71. The highest BCUT2D eigenvalue weighted by Gasteiger charge is 2.42. The van der Waals surface area contributed by atoms with Gasteiger partial charge in [0.15, 0.2) is 5.11 Å². The van der Waals surface area contributed by atoms with Crippen LogP contribution in [0.3, 0.4) is 0 Å². The molecule has 38 heavy (non-hydrogen) atoms. The van der Waals surface area contributed by atoms with Crippen molar-refractivity contribution in [2.24, 2.45) is 0 Å². The summed E-state index contributed by atoms with van der Waals surface area (Å²) in [5.74, 6) is 1.64. The number of hydrogen-bond acceptors (Lipinski definition) is 7. The SMILES string of the molecule is COCCOc1ccc(N2C(=S)N[C@@H](c3ccccn3)[C@H]2c2ccc(-c3cccc([N+](=O)[O-])c3)o2)cc1Cl. The molecule has 2 aromatic carbocycles. The minimum Gasteiger partial charge on any atom is -0.490 e. The lowest BCUT2D eigenvalue weighted by molar-refractivity contribution is -0.384. The highest BCUT2D eigenvalue weighted by atomic mass is 35.5. The normalized spacial score (nSPS) is 16.9. The Hall–Kier alpha value is -3.99. The third-order valence-electron chi connectivity index (χ3n) is 6.10. The van der Waals surface area contributed by atoms with Gasteiger partial charge in [-0.2, -0.15) is 0 Å². The zero-order valence-electron chi connectivity index (χ0n) is 20.2. The molecule has 0 radical (unpaired) electrons. The van der Waals surface area contributed by atoms with E-state index in [4.69, 9.17) is 37.7 Å². The molecule has 0 bridgehead atoms. The van der Waals surface area contributed by atoms with Gasteiger partial charge < -0.3 is 24.1 Å². The van der Waals surface area contributed by atoms with Gasteiger partial charge in [0.25, 0.3) is 5.69 Å². The van der Waals surface area contributed by atoms with Gasteiger partial charge in [-0.1, -0.05) is 29.8 Å². The number of nitrogens with zero attached hydrogens (tertiary/aromatic N) is 3. The number of ether oxygens (including phenoxy) is 2. The van der Waals surface area contributed by atoms with Gasteiger partial charge in [-0.05, 0) is 54.7 Å². The topological polar surface area (TPSA) is 103 Å². The number of thiocarbonyl (C=S) groups is 1. The van der Waals surface area contributed by atoms with Crippen LogP contribution in [0.1, 0.15) is 23.5 Å². The third kappa shape index (κ3) is 5.19. The fourth-order valence-electron chi connectivity index (χ4n) is 4.35. The number of pyridine rings is 1. The quantitative estimate of drug-likeness (QED) is 0.114. The molecule has 4 aromatic rings. The van der Waals surface area contributed by atoms with Crippen LogP contribution in [0.5, 0.6) is 5.75 Å². The van der Waals surface area contributed by atoms with Crippen molar-refractivity contribution < 1.29 is 18.8 Å². The molecule has 1 aliphatic heterocycles. The molecule has 1 saturated heterocycles. The van der Waals surface area contributed by atoms with Gasteiger partial charge >= 0.3 is 0 Å². The van der Waals surface area contributed by atoms with Gasteiger partial charge in [-0.3, -0.25) is 15.1 Å². The number of nitro groups is 1. The van der Waals surface area contributed by atoms with Crippen LogP contribution in [0.15, 0.2) is 83.4 Å². The van der Waals surface area contributed by atoms with Crippen molar-refractivity contribution in [1.29, 1.82) is 0 Å². The van der Waals surface area contributed by atoms with E-state index in [-0.39, 0.29) is 11.7 Å². The number of nitro benzene ring substituents is 1. The predicted octanol–water partition coefficient (Wildman–Crippen LogP) is 6.11. The van der Waals surface area contributed by atoms with Crippen molar-refractivity contribution >= 4 is 40.3 Å². The van der Waals surface area contributed by atoms with E-state index in [2.05, 4.69) is 10.3 Å². The average Bonchev–Trinajstić information content (AvgIpc) is 3.55. The summed E-state index contributed by atoms with van der Waals surface area (Å²) in [6.45, 7) is 0.813. The van der Waals surface area contributed by atoms with Crippen molar-refractivity contribution in [1.82, 2.24) is 10.3 Å². The summed E-state index contributed by atoms with van der Waals surface area (Å²) in [5.41, 5.74) is 2.10. The molecular weight excluding hydrogens is 528 g/mol. The molecule has 1 fully saturated rings. The van der Waals surface area contributed by atoms with E-state index in [1.54, 1.807) is 43.6 Å². The van der Waals surface area contributed by atoms with Gasteiger partial charge in [-0.25, -0.2) is 0 Å². The molecule has 1 N–H and O–H groups in total. The molecule has 0 aliphatic carbocycles. The number of methoxy groups -OCH3 is 1. The maximum atomic E-state index is 11.3. The van der Waals surface area contributed by atoms with Gasteiger partial charge in [-0.15, -0.1) is 0 Å². The van der Waals surface area contributed by atoms with E-state index in [9.17, 15) is 10.1 Å². The van der Waals surface area contributed by atoms with E-state index in [1.807, 2.05) is 35.2 Å². The number of rotatable bonds is 9. The molecule has 0 saturated carbocycles. The van der Waals surface area contributed by atoms with Crippen LogP contribution in [-0.2, 0) is 4.74 Å². The average molecular weight is 551 g/mol. The smallest absolute Gasteiger partial charge is 0.270 e. The molecule has 1 aliphatic rings. The van der Waals surface area contributed by atoms with Crippen LogP contribution in [0.25, 0.3) is 11.3 Å². The second kappa shape index (κ2) is 11.2. The lowest BCUT2D eigenvalue weighted by Gasteiger charge is -2.26. The number of hydrogen-bond donors (Lipinski definition) is 1. The second-order valence-corrected chi connectivity index (χ2v) is 9.26. The van der Waals surface area contributed by atoms with E-state index >= 15 is 0 Å². The summed E-state index contributed by atoms with van der Waals surface area (Å²) >= 11 is 12.3. The monoisotopic (exact) mass is 550 g/mol. The molecule has 2 aromatic heterocycles. The fourth-order valence-corrected chi connectivity index (χ4v) is 4.93. The number of halogens is 1. The van der Waals surface area contributed by atoms with Gasteiger partial charge in [0.05, 0.1) is 28.3 Å². The van der Waals surface area contributed by atoms with E-state index in [0.29, 0.717) is 46.2 Å². The molecule has 2 atom stereocenters. The minimum atomic E-state index is -0.433. The summed E-state index contributed by atoms with van der Waals surface area (Å²) in [4.78, 5) is 17.3. The standard InChI is InChI=1S/C27H23ClN4O5S/c1-35-13-14-36-23-9-8-18(16-20(23)28)31-26(25(30-27(31)38)21-7-2-3-12-29-21)24-11-10-22(37-24)17-5-4-6-19(15-17)32(33)34/h2-12,15-16,25-26H,13-14H2,1H3,(H,30,38)/t25-,26+/m0/s1. The number of non-ortho nitro benzene ring substituents is 1. The van der Waals surface area contributed by atoms with Crippen molar-refractivity contribution in [3.8, 4) is 17.1 Å². The van der Waals surface area contributed by atoms with E-state index in [0.717, 1.165) is 11.4 Å². The van der Waals surface area contributed by atoms with Crippen molar-refractivity contribution in [2.75, 3.05) is 25.2 Å². The highest BCUT2D eigenvalue weighted by molar-refractivity contribution is 7.80. The van der Waals surface area contributed by atoms with Gasteiger partial charge in [0.2, 0.25) is 0 Å². The number of anilines is 1. The first kappa shape index (κ1) is 25.7. The molecule has 0 unspecified atom stereocenters. The summed E-state index contributed by atoms with van der Waals surface area (Å²) in [6, 6.07) is 20.3. The zero-order chi connectivity index (χ0) is 26.6. The Morgan fingerprint density at radius 3 is 2.74 bits per heavy atom. The fraction of sp³-hybridized carbons (Fsp3) is 0.185. The summed E-state index contributed by atoms with van der Waals surface area (Å²) in [5, 5.41) is 15.5. The van der Waals surface area contributed by atoms with Crippen LogP contribution < -0.4 is 15.0 Å². The van der Waals surface area contributed by atoms with E-state index < -0.39 is 11.0 Å². The van der Waals surface area contributed by atoms with Crippen LogP contribution >= 0.6 is 23.8 Å². The molecule has 11 heteroatoms. The Morgan fingerprint density at radius 2 is 2.00 bits per heavy atom. The number of nitrogens with one attached hydrogen (secondary N) is 1. The Balaban J connectivity index is 1.53. The number of benzene rings is 2. The number of furan rings is 1. The van der Waals surface area contributed by atoms with Crippen molar-refractivity contribution in [3.63, 3.8) is 0 Å². The minimum absolute atomic E-state index is 0.0143. The first-order valence-corrected chi connectivity index (χ1v) is 12.5. The second-order valence-electron chi connectivity index (χ2n) is 8.46.